The van der Waals surface area contributed by atoms with Gasteiger partial charge in [0.25, 0.3) is 0 Å². The van der Waals surface area contributed by atoms with Crippen molar-refractivity contribution in [3.8, 4) is 0 Å². The molecule has 3 heteroatoms. The van der Waals surface area contributed by atoms with Crippen LogP contribution in [0, 0.1) is 11.3 Å². The van der Waals surface area contributed by atoms with Crippen molar-refractivity contribution in [1.29, 1.82) is 0 Å². The Balaban J connectivity index is 3.12. The second kappa shape index (κ2) is 3.80. The van der Waals surface area contributed by atoms with Crippen LogP contribution in [0.3, 0.4) is 0 Å². The van der Waals surface area contributed by atoms with E-state index in [-0.39, 0.29) is 11.2 Å². The number of ketones is 1. The zero-order valence-corrected chi connectivity index (χ0v) is 10.0. The van der Waals surface area contributed by atoms with Crippen LogP contribution in [0.1, 0.15) is 34.1 Å². The van der Waals surface area contributed by atoms with E-state index in [1.165, 1.54) is 7.11 Å². The van der Waals surface area contributed by atoms with Crippen molar-refractivity contribution in [3.63, 3.8) is 0 Å². The standard InChI is InChI=1S/C12H18O3/c1-7-8(2)12(3,4)6-9(10(7)13)11(14)15-5/h9H,6H2,1-5H3. The number of methoxy groups -OCH3 is 1. The molecular formula is C12H18O3. The first kappa shape index (κ1) is 12.0. The average Bonchev–Trinajstić information content (AvgIpc) is 2.19. The Bertz CT molecular complexity index is 337. The molecule has 0 bridgehead atoms. The molecule has 0 aliphatic heterocycles. The number of rotatable bonds is 1. The Kier molecular flexibility index (Phi) is 3.03. The molecule has 0 amide bonds. The predicted octanol–water partition coefficient (Wildman–Crippen LogP) is 2.11. The number of allylic oxidation sites excluding steroid dienone is 2. The number of Topliss-reactive ketones (excluding diaryl/α,β-unsaturated/α-hetero) is 1. The number of carbonyl (C=O) groups is 2. The van der Waals surface area contributed by atoms with Gasteiger partial charge in [-0.3, -0.25) is 9.59 Å². The number of ether oxygens (including phenoxy) is 1. The van der Waals surface area contributed by atoms with Gasteiger partial charge in [-0.15, -0.1) is 0 Å². The van der Waals surface area contributed by atoms with Crippen molar-refractivity contribution in [1.82, 2.24) is 0 Å². The molecule has 0 aromatic carbocycles. The van der Waals surface area contributed by atoms with E-state index in [0.29, 0.717) is 12.0 Å². The molecule has 0 fully saturated rings. The van der Waals surface area contributed by atoms with Crippen molar-refractivity contribution in [2.24, 2.45) is 11.3 Å². The van der Waals surface area contributed by atoms with Crippen molar-refractivity contribution in [2.45, 2.75) is 34.1 Å². The zero-order chi connectivity index (χ0) is 11.8. The Morgan fingerprint density at radius 1 is 1.40 bits per heavy atom. The highest BCUT2D eigenvalue weighted by Crippen LogP contribution is 2.41. The van der Waals surface area contributed by atoms with Gasteiger partial charge in [-0.05, 0) is 31.3 Å². The van der Waals surface area contributed by atoms with Crippen LogP contribution in [-0.4, -0.2) is 18.9 Å². The van der Waals surface area contributed by atoms with Gasteiger partial charge in [0.2, 0.25) is 0 Å². The molecule has 0 heterocycles. The molecule has 1 unspecified atom stereocenters. The summed E-state index contributed by atoms with van der Waals surface area (Å²) in [6, 6.07) is 0. The fourth-order valence-electron chi connectivity index (χ4n) is 2.04. The lowest BCUT2D eigenvalue weighted by atomic mass is 9.68. The van der Waals surface area contributed by atoms with Crippen molar-refractivity contribution < 1.29 is 14.3 Å². The Morgan fingerprint density at radius 3 is 2.40 bits per heavy atom. The van der Waals surface area contributed by atoms with Crippen molar-refractivity contribution >= 4 is 11.8 Å². The molecule has 1 rings (SSSR count). The number of esters is 1. The summed E-state index contributed by atoms with van der Waals surface area (Å²) in [4.78, 5) is 23.3. The zero-order valence-electron chi connectivity index (χ0n) is 10.0. The van der Waals surface area contributed by atoms with Crippen LogP contribution >= 0.6 is 0 Å². The van der Waals surface area contributed by atoms with Gasteiger partial charge < -0.3 is 4.74 Å². The number of carbonyl (C=O) groups excluding carboxylic acids is 2. The molecule has 0 spiro atoms. The topological polar surface area (TPSA) is 43.4 Å². The fourth-order valence-corrected chi connectivity index (χ4v) is 2.04. The molecule has 15 heavy (non-hydrogen) atoms. The molecule has 1 atom stereocenters. The predicted molar refractivity (Wildman–Crippen MR) is 57.3 cm³/mol. The largest absolute Gasteiger partial charge is 0.468 e. The summed E-state index contributed by atoms with van der Waals surface area (Å²) in [5, 5.41) is 0. The average molecular weight is 210 g/mol. The van der Waals surface area contributed by atoms with Gasteiger partial charge in [-0.25, -0.2) is 0 Å². The monoisotopic (exact) mass is 210 g/mol. The molecule has 1 aliphatic rings. The van der Waals surface area contributed by atoms with Gasteiger partial charge in [0.15, 0.2) is 5.78 Å². The molecule has 0 N–H and O–H groups in total. The first-order valence-corrected chi connectivity index (χ1v) is 5.11. The molecule has 3 nitrogen and oxygen atoms in total. The van der Waals surface area contributed by atoms with Crippen molar-refractivity contribution in [2.75, 3.05) is 7.11 Å². The van der Waals surface area contributed by atoms with Gasteiger partial charge in [-0.2, -0.15) is 0 Å². The maximum atomic E-state index is 11.9. The molecule has 0 radical (unpaired) electrons. The van der Waals surface area contributed by atoms with Crippen molar-refractivity contribution in [3.05, 3.63) is 11.1 Å². The Hall–Kier alpha value is -1.12. The summed E-state index contributed by atoms with van der Waals surface area (Å²) in [5.41, 5.74) is 1.69. The first-order chi connectivity index (χ1) is 6.81. The third kappa shape index (κ3) is 1.96. The molecular weight excluding hydrogens is 192 g/mol. The maximum absolute atomic E-state index is 11.9. The first-order valence-electron chi connectivity index (χ1n) is 5.11. The summed E-state index contributed by atoms with van der Waals surface area (Å²) < 4.78 is 4.65. The van der Waals surface area contributed by atoms with E-state index in [1.54, 1.807) is 6.92 Å². The molecule has 0 saturated heterocycles. The van der Waals surface area contributed by atoms with Gasteiger partial charge >= 0.3 is 5.97 Å². The second-order valence-corrected chi connectivity index (χ2v) is 4.78. The van der Waals surface area contributed by atoms with E-state index < -0.39 is 11.9 Å². The normalized spacial score (nSPS) is 25.4. The highest BCUT2D eigenvalue weighted by Gasteiger charge is 2.40. The quantitative estimate of drug-likeness (QED) is 0.492. The van der Waals surface area contributed by atoms with Gasteiger partial charge in [-0.1, -0.05) is 19.4 Å². The lowest BCUT2D eigenvalue weighted by Crippen LogP contribution is -2.36. The lowest BCUT2D eigenvalue weighted by molar-refractivity contribution is -0.150. The number of hydrogen-bond donors (Lipinski definition) is 0. The minimum absolute atomic E-state index is 0.0846. The summed E-state index contributed by atoms with van der Waals surface area (Å²) in [5.74, 6) is -1.12. The summed E-state index contributed by atoms with van der Waals surface area (Å²) in [7, 11) is 1.32. The summed E-state index contributed by atoms with van der Waals surface area (Å²) in [6.45, 7) is 7.84. The van der Waals surface area contributed by atoms with E-state index >= 15 is 0 Å². The van der Waals surface area contributed by atoms with E-state index in [2.05, 4.69) is 4.74 Å². The minimum atomic E-state index is -0.617. The maximum Gasteiger partial charge on any atom is 0.316 e. The van der Waals surface area contributed by atoms with Crippen LogP contribution in [-0.2, 0) is 14.3 Å². The third-order valence-corrected chi connectivity index (χ3v) is 3.46. The SMILES string of the molecule is COC(=O)C1CC(C)(C)C(C)=C(C)C1=O. The molecule has 0 saturated carbocycles. The Labute approximate surface area is 90.5 Å². The highest BCUT2D eigenvalue weighted by molar-refractivity contribution is 6.09. The number of hydrogen-bond acceptors (Lipinski definition) is 3. The lowest BCUT2D eigenvalue weighted by Gasteiger charge is -2.35. The summed E-state index contributed by atoms with van der Waals surface area (Å²) in [6.07, 6.45) is 0.543. The van der Waals surface area contributed by atoms with Gasteiger partial charge in [0.05, 0.1) is 7.11 Å². The van der Waals surface area contributed by atoms with E-state index in [4.69, 9.17) is 0 Å². The smallest absolute Gasteiger partial charge is 0.316 e. The van der Waals surface area contributed by atoms with E-state index in [0.717, 1.165) is 5.57 Å². The van der Waals surface area contributed by atoms with Gasteiger partial charge in [0, 0.05) is 0 Å². The summed E-state index contributed by atoms with van der Waals surface area (Å²) >= 11 is 0. The Morgan fingerprint density at radius 2 is 1.93 bits per heavy atom. The fraction of sp³-hybridized carbons (Fsp3) is 0.667. The van der Waals surface area contributed by atoms with E-state index in [9.17, 15) is 9.59 Å². The van der Waals surface area contributed by atoms with Crippen LogP contribution in [0.4, 0.5) is 0 Å². The highest BCUT2D eigenvalue weighted by atomic mass is 16.5. The van der Waals surface area contributed by atoms with Crippen LogP contribution in [0.25, 0.3) is 0 Å². The van der Waals surface area contributed by atoms with Crippen LogP contribution in [0.5, 0.6) is 0 Å². The van der Waals surface area contributed by atoms with E-state index in [1.807, 2.05) is 20.8 Å². The van der Waals surface area contributed by atoms with Crippen LogP contribution in [0.2, 0.25) is 0 Å². The molecule has 0 aromatic rings. The van der Waals surface area contributed by atoms with Crippen LogP contribution in [0.15, 0.2) is 11.1 Å². The van der Waals surface area contributed by atoms with Gasteiger partial charge in [0.1, 0.15) is 5.92 Å². The second-order valence-electron chi connectivity index (χ2n) is 4.78. The molecule has 0 aromatic heterocycles. The molecule has 1 aliphatic carbocycles. The minimum Gasteiger partial charge on any atom is -0.468 e. The van der Waals surface area contributed by atoms with Crippen LogP contribution < -0.4 is 0 Å². The molecule has 84 valence electrons. The third-order valence-electron chi connectivity index (χ3n) is 3.46.